The number of rotatable bonds is 7. The van der Waals surface area contributed by atoms with Crippen molar-refractivity contribution in [2.75, 3.05) is 18.2 Å². The lowest BCUT2D eigenvalue weighted by atomic mass is 9.80. The van der Waals surface area contributed by atoms with Crippen molar-refractivity contribution < 1.29 is 13.7 Å². The molecule has 1 aliphatic heterocycles. The van der Waals surface area contributed by atoms with Crippen LogP contribution in [0.15, 0.2) is 41.6 Å². The van der Waals surface area contributed by atoms with Crippen LogP contribution in [0.2, 0.25) is 5.02 Å². The van der Waals surface area contributed by atoms with Crippen molar-refractivity contribution in [1.29, 1.82) is 0 Å². The molecule has 8 heteroatoms. The Hall–Kier alpha value is -2.25. The van der Waals surface area contributed by atoms with Crippen molar-refractivity contribution in [2.24, 2.45) is 5.92 Å². The van der Waals surface area contributed by atoms with E-state index in [1.165, 1.54) is 19.3 Å². The number of allylic oxidation sites excluding steroid dienone is 1. The van der Waals surface area contributed by atoms with E-state index in [1.54, 1.807) is 30.8 Å². The van der Waals surface area contributed by atoms with Gasteiger partial charge in [-0.1, -0.05) is 49.8 Å². The highest BCUT2D eigenvalue weighted by Crippen LogP contribution is 2.35. The van der Waals surface area contributed by atoms with Crippen LogP contribution < -0.4 is 5.32 Å². The molecule has 2 heterocycles. The summed E-state index contributed by atoms with van der Waals surface area (Å²) in [7, 11) is -1.18. The molecular weight excluding hydrogens is 458 g/mol. The van der Waals surface area contributed by atoms with E-state index in [-0.39, 0.29) is 11.8 Å². The minimum absolute atomic E-state index is 0.128. The molecule has 4 rings (SSSR count). The predicted octanol–water partition coefficient (Wildman–Crippen LogP) is 5.71. The summed E-state index contributed by atoms with van der Waals surface area (Å²) < 4.78 is 17.5. The molecular formula is C25H30ClN3O3S. The summed E-state index contributed by atoms with van der Waals surface area (Å²) in [5.74, 6) is 1.15. The Morgan fingerprint density at radius 3 is 2.67 bits per heavy atom. The maximum absolute atomic E-state index is 13.4. The average molecular weight is 488 g/mol. The third kappa shape index (κ3) is 6.21. The van der Waals surface area contributed by atoms with E-state index in [1.807, 2.05) is 12.1 Å². The number of amides is 1. The molecule has 6 nitrogen and oxygen atoms in total. The number of hydrogen-bond acceptors (Lipinski definition) is 5. The fraction of sp³-hybridized carbons (Fsp3) is 0.480. The predicted molar refractivity (Wildman–Crippen MR) is 132 cm³/mol. The normalized spacial score (nSPS) is 18.7. The van der Waals surface area contributed by atoms with Gasteiger partial charge in [0, 0.05) is 6.26 Å². The third-order valence-corrected chi connectivity index (χ3v) is 7.77. The first-order valence-corrected chi connectivity index (χ1v) is 13.5. The van der Waals surface area contributed by atoms with Crippen LogP contribution in [0.4, 0.5) is 5.82 Å². The molecule has 33 heavy (non-hydrogen) atoms. The molecule has 0 radical (unpaired) electrons. The van der Waals surface area contributed by atoms with Crippen LogP contribution in [0, 0.1) is 5.92 Å². The van der Waals surface area contributed by atoms with Crippen molar-refractivity contribution in [2.45, 2.75) is 62.2 Å². The number of benzene rings is 1. The van der Waals surface area contributed by atoms with Gasteiger partial charge in [0.05, 0.1) is 45.6 Å². The quantitative estimate of drug-likeness (QED) is 0.540. The van der Waals surface area contributed by atoms with Gasteiger partial charge in [0.15, 0.2) is 5.82 Å². The highest BCUT2D eigenvalue weighted by Gasteiger charge is 2.27. The van der Waals surface area contributed by atoms with Crippen LogP contribution >= 0.6 is 11.6 Å². The lowest BCUT2D eigenvalue weighted by Crippen LogP contribution is -2.25. The fourth-order valence-electron chi connectivity index (χ4n) is 4.59. The van der Waals surface area contributed by atoms with E-state index in [0.717, 1.165) is 43.4 Å². The smallest absolute Gasteiger partial charge is 0.233 e. The molecule has 1 amide bonds. The van der Waals surface area contributed by atoms with E-state index in [2.05, 4.69) is 15.3 Å². The molecule has 0 bridgehead atoms. The van der Waals surface area contributed by atoms with Crippen LogP contribution in [0.25, 0.3) is 5.76 Å². The van der Waals surface area contributed by atoms with Gasteiger partial charge in [-0.3, -0.25) is 9.00 Å². The van der Waals surface area contributed by atoms with Crippen molar-refractivity contribution >= 4 is 39.9 Å². The molecule has 2 aliphatic rings. The van der Waals surface area contributed by atoms with Crippen LogP contribution in [-0.4, -0.2) is 32.9 Å². The van der Waals surface area contributed by atoms with E-state index in [9.17, 15) is 9.00 Å². The molecule has 176 valence electrons. The Kier molecular flexibility index (Phi) is 8.15. The molecule has 1 saturated carbocycles. The maximum Gasteiger partial charge on any atom is 0.233 e. The fourth-order valence-corrected chi connectivity index (χ4v) is 5.69. The number of hydrogen-bond donors (Lipinski definition) is 1. The Morgan fingerprint density at radius 2 is 2.03 bits per heavy atom. The van der Waals surface area contributed by atoms with Crippen molar-refractivity contribution in [1.82, 2.24) is 9.97 Å². The van der Waals surface area contributed by atoms with Gasteiger partial charge in [-0.15, -0.1) is 0 Å². The van der Waals surface area contributed by atoms with Crippen molar-refractivity contribution in [3.63, 3.8) is 0 Å². The van der Waals surface area contributed by atoms with Gasteiger partial charge < -0.3 is 10.1 Å². The lowest BCUT2D eigenvalue weighted by Gasteiger charge is -2.26. The van der Waals surface area contributed by atoms with Crippen LogP contribution in [0.3, 0.4) is 0 Å². The number of anilines is 1. The first kappa shape index (κ1) is 23.9. The molecule has 1 fully saturated rings. The first-order chi connectivity index (χ1) is 16.0. The zero-order chi connectivity index (χ0) is 23.2. The minimum atomic E-state index is -1.18. The van der Waals surface area contributed by atoms with Crippen LogP contribution in [-0.2, 0) is 20.3 Å². The molecule has 1 aromatic heterocycles. The number of nitrogens with zero attached hydrogens (tertiary/aromatic N) is 2. The second-order valence-electron chi connectivity index (χ2n) is 8.77. The largest absolute Gasteiger partial charge is 0.492 e. The highest BCUT2D eigenvalue weighted by molar-refractivity contribution is 7.84. The summed E-state index contributed by atoms with van der Waals surface area (Å²) in [6.45, 7) is 0.682. The monoisotopic (exact) mass is 487 g/mol. The summed E-state index contributed by atoms with van der Waals surface area (Å²) >= 11 is 6.40. The number of nitrogens with one attached hydrogen (secondary N) is 1. The van der Waals surface area contributed by atoms with E-state index < -0.39 is 10.8 Å². The zero-order valence-electron chi connectivity index (χ0n) is 18.9. The van der Waals surface area contributed by atoms with Gasteiger partial charge >= 0.3 is 0 Å². The first-order valence-electron chi connectivity index (χ1n) is 11.6. The summed E-state index contributed by atoms with van der Waals surface area (Å²) in [5, 5.41) is 3.37. The second kappa shape index (κ2) is 11.3. The summed E-state index contributed by atoms with van der Waals surface area (Å²) in [6, 6.07) is 5.42. The summed E-state index contributed by atoms with van der Waals surface area (Å²) in [4.78, 5) is 22.8. The molecule has 1 aromatic carbocycles. The van der Waals surface area contributed by atoms with Gasteiger partial charge in [-0.25, -0.2) is 9.97 Å². The second-order valence-corrected chi connectivity index (χ2v) is 10.5. The van der Waals surface area contributed by atoms with Gasteiger partial charge in [0.2, 0.25) is 5.91 Å². The van der Waals surface area contributed by atoms with E-state index >= 15 is 0 Å². The van der Waals surface area contributed by atoms with Gasteiger partial charge in [-0.05, 0) is 49.0 Å². The van der Waals surface area contributed by atoms with Crippen molar-refractivity contribution in [3.8, 4) is 0 Å². The summed E-state index contributed by atoms with van der Waals surface area (Å²) in [5.41, 5.74) is 1.50. The molecule has 1 N–H and O–H groups in total. The third-order valence-electron chi connectivity index (χ3n) is 6.37. The number of halogens is 1. The van der Waals surface area contributed by atoms with E-state index in [0.29, 0.717) is 34.0 Å². The Morgan fingerprint density at radius 1 is 1.21 bits per heavy atom. The van der Waals surface area contributed by atoms with Crippen molar-refractivity contribution in [3.05, 3.63) is 52.9 Å². The highest BCUT2D eigenvalue weighted by atomic mass is 35.5. The van der Waals surface area contributed by atoms with Crippen LogP contribution in [0.5, 0.6) is 0 Å². The molecule has 0 saturated heterocycles. The molecule has 1 aliphatic carbocycles. The number of aromatic nitrogens is 2. The van der Waals surface area contributed by atoms with Crippen LogP contribution in [0.1, 0.15) is 68.5 Å². The standard InChI is InChI=1S/C25H30ClN3O3S/c1-33(31)23-11-10-18(14-20(23)26)19(13-17-7-3-2-4-8-17)25(30)29-24-16-27-21(15-28-24)22-9-5-6-12-32-22/h9-11,14-17,19H,2-8,12-13H2,1H3,(H,28,29,30). The maximum atomic E-state index is 13.4. The molecule has 2 unspecified atom stereocenters. The van der Waals surface area contributed by atoms with Gasteiger partial charge in [-0.2, -0.15) is 0 Å². The van der Waals surface area contributed by atoms with Gasteiger partial charge in [0.1, 0.15) is 11.5 Å². The number of carbonyl (C=O) groups excluding carboxylic acids is 1. The molecule has 2 aromatic rings. The lowest BCUT2D eigenvalue weighted by molar-refractivity contribution is -0.118. The Bertz CT molecular complexity index is 1040. The molecule has 2 atom stereocenters. The van der Waals surface area contributed by atoms with Gasteiger partial charge in [0.25, 0.3) is 0 Å². The Labute approximate surface area is 202 Å². The Balaban J connectivity index is 1.53. The number of carbonyl (C=O) groups is 1. The SMILES string of the molecule is CS(=O)c1ccc(C(CC2CCCCC2)C(=O)Nc2cnc(C3=CCCCO3)cn2)cc1Cl. The minimum Gasteiger partial charge on any atom is -0.492 e. The number of ether oxygens (including phenoxy) is 1. The summed E-state index contributed by atoms with van der Waals surface area (Å²) in [6.07, 6.45) is 15.5. The van der Waals surface area contributed by atoms with E-state index in [4.69, 9.17) is 16.3 Å². The zero-order valence-corrected chi connectivity index (χ0v) is 20.5. The molecule has 0 spiro atoms. The topological polar surface area (TPSA) is 81.2 Å². The average Bonchev–Trinajstić information content (AvgIpc) is 2.84.